The van der Waals surface area contributed by atoms with E-state index >= 15 is 0 Å². The SMILES string of the molecule is Cc1nn(Cc2ccccc2)c(C)c1CNC(=O)C1CCN(S(=O)(=O)c2cccs2)CC1. The third-order valence-electron chi connectivity index (χ3n) is 6.06. The number of hydrogen-bond donors (Lipinski definition) is 1. The predicted octanol–water partition coefficient (Wildman–Crippen LogP) is 3.33. The second kappa shape index (κ2) is 9.56. The van der Waals surface area contributed by atoms with Crippen LogP contribution < -0.4 is 5.32 Å². The first kappa shape index (κ1) is 22.7. The Kier molecular flexibility index (Phi) is 6.78. The van der Waals surface area contributed by atoms with Gasteiger partial charge in [-0.25, -0.2) is 8.42 Å². The number of carbonyl (C=O) groups is 1. The largest absolute Gasteiger partial charge is 0.352 e. The molecule has 1 aliphatic heterocycles. The fourth-order valence-corrected chi connectivity index (χ4v) is 6.73. The van der Waals surface area contributed by atoms with Gasteiger partial charge in [-0.1, -0.05) is 36.4 Å². The van der Waals surface area contributed by atoms with Gasteiger partial charge in [0.1, 0.15) is 4.21 Å². The van der Waals surface area contributed by atoms with Crippen LogP contribution >= 0.6 is 11.3 Å². The summed E-state index contributed by atoms with van der Waals surface area (Å²) in [5.74, 6) is -0.197. The lowest BCUT2D eigenvalue weighted by molar-refractivity contribution is -0.126. The Morgan fingerprint density at radius 3 is 2.50 bits per heavy atom. The van der Waals surface area contributed by atoms with Crippen molar-refractivity contribution in [3.8, 4) is 0 Å². The molecule has 1 aromatic carbocycles. The maximum absolute atomic E-state index is 12.8. The van der Waals surface area contributed by atoms with Gasteiger partial charge in [-0.05, 0) is 43.7 Å². The van der Waals surface area contributed by atoms with Crippen LogP contribution in [0.4, 0.5) is 0 Å². The standard InChI is InChI=1S/C23H28N4O3S2/c1-17-21(18(2)27(25-17)16-19-7-4-3-5-8-19)15-24-23(28)20-10-12-26(13-11-20)32(29,30)22-9-6-14-31-22/h3-9,14,20H,10-13,15-16H2,1-2H3,(H,24,28). The van der Waals surface area contributed by atoms with Crippen molar-refractivity contribution in [2.75, 3.05) is 13.1 Å². The Labute approximate surface area is 193 Å². The number of nitrogens with zero attached hydrogens (tertiary/aromatic N) is 3. The molecule has 1 fully saturated rings. The molecule has 170 valence electrons. The van der Waals surface area contributed by atoms with Crippen LogP contribution in [0.1, 0.15) is 35.4 Å². The van der Waals surface area contributed by atoms with Crippen molar-refractivity contribution in [2.45, 2.75) is 44.0 Å². The maximum Gasteiger partial charge on any atom is 0.252 e. The quantitative estimate of drug-likeness (QED) is 0.572. The third kappa shape index (κ3) is 4.79. The summed E-state index contributed by atoms with van der Waals surface area (Å²) in [6.45, 7) is 5.84. The predicted molar refractivity (Wildman–Crippen MR) is 125 cm³/mol. The number of rotatable bonds is 7. The summed E-state index contributed by atoms with van der Waals surface area (Å²) in [5.41, 5.74) is 4.17. The summed E-state index contributed by atoms with van der Waals surface area (Å²) < 4.78 is 29.2. The van der Waals surface area contributed by atoms with Crippen LogP contribution in [-0.4, -0.2) is 41.5 Å². The first-order valence-corrected chi connectivity index (χ1v) is 13.1. The molecule has 0 bridgehead atoms. The topological polar surface area (TPSA) is 84.3 Å². The first-order valence-electron chi connectivity index (χ1n) is 10.7. The molecule has 1 aliphatic rings. The molecule has 1 amide bonds. The summed E-state index contributed by atoms with van der Waals surface area (Å²) >= 11 is 1.22. The van der Waals surface area contributed by atoms with Gasteiger partial charge in [0.15, 0.2) is 0 Å². The molecule has 9 heteroatoms. The van der Waals surface area contributed by atoms with Gasteiger partial charge in [-0.15, -0.1) is 11.3 Å². The highest BCUT2D eigenvalue weighted by Gasteiger charge is 2.32. The molecule has 3 aromatic rings. The molecule has 3 heterocycles. The average molecular weight is 473 g/mol. The van der Waals surface area contributed by atoms with E-state index in [-0.39, 0.29) is 11.8 Å². The van der Waals surface area contributed by atoms with E-state index in [0.29, 0.717) is 43.2 Å². The normalized spacial score (nSPS) is 15.7. The number of carbonyl (C=O) groups excluding carboxylic acids is 1. The zero-order chi connectivity index (χ0) is 22.7. The molecule has 2 aromatic heterocycles. The van der Waals surface area contributed by atoms with Gasteiger partial charge < -0.3 is 5.32 Å². The van der Waals surface area contributed by atoms with Crippen LogP contribution in [0, 0.1) is 19.8 Å². The number of piperidine rings is 1. The van der Waals surface area contributed by atoms with Crippen molar-refractivity contribution in [3.05, 3.63) is 70.4 Å². The summed E-state index contributed by atoms with van der Waals surface area (Å²) in [7, 11) is -3.45. The smallest absolute Gasteiger partial charge is 0.252 e. The number of aromatic nitrogens is 2. The molecular weight excluding hydrogens is 444 g/mol. The zero-order valence-corrected chi connectivity index (χ0v) is 20.0. The first-order chi connectivity index (χ1) is 15.4. The highest BCUT2D eigenvalue weighted by Crippen LogP contribution is 2.26. The Morgan fingerprint density at radius 1 is 1.12 bits per heavy atom. The number of sulfonamides is 1. The van der Waals surface area contributed by atoms with Gasteiger partial charge in [0.05, 0.1) is 12.2 Å². The van der Waals surface area contributed by atoms with Crippen molar-refractivity contribution >= 4 is 27.3 Å². The lowest BCUT2D eigenvalue weighted by atomic mass is 9.97. The maximum atomic E-state index is 12.8. The molecule has 1 saturated heterocycles. The highest BCUT2D eigenvalue weighted by atomic mass is 32.2. The van der Waals surface area contributed by atoms with Crippen LogP contribution in [0.3, 0.4) is 0 Å². The molecule has 0 spiro atoms. The lowest BCUT2D eigenvalue weighted by Gasteiger charge is -2.30. The Morgan fingerprint density at radius 2 is 1.84 bits per heavy atom. The number of hydrogen-bond acceptors (Lipinski definition) is 5. The van der Waals surface area contributed by atoms with E-state index in [2.05, 4.69) is 22.5 Å². The summed E-state index contributed by atoms with van der Waals surface area (Å²) in [6.07, 6.45) is 1.06. The van der Waals surface area contributed by atoms with Gasteiger partial charge in [-0.2, -0.15) is 9.40 Å². The summed E-state index contributed by atoms with van der Waals surface area (Å²) in [4.78, 5) is 12.8. The molecule has 0 aliphatic carbocycles. The lowest BCUT2D eigenvalue weighted by Crippen LogP contribution is -2.42. The molecule has 0 saturated carbocycles. The minimum absolute atomic E-state index is 0.0206. The van der Waals surface area contributed by atoms with Crippen LogP contribution in [-0.2, 0) is 27.9 Å². The number of benzene rings is 1. The van der Waals surface area contributed by atoms with Crippen molar-refractivity contribution in [1.82, 2.24) is 19.4 Å². The van der Waals surface area contributed by atoms with Crippen LogP contribution in [0.5, 0.6) is 0 Å². The molecule has 7 nitrogen and oxygen atoms in total. The molecule has 32 heavy (non-hydrogen) atoms. The monoisotopic (exact) mass is 472 g/mol. The van der Waals surface area contributed by atoms with E-state index in [0.717, 1.165) is 17.0 Å². The highest BCUT2D eigenvalue weighted by molar-refractivity contribution is 7.91. The third-order valence-corrected chi connectivity index (χ3v) is 9.33. The molecule has 0 unspecified atom stereocenters. The number of nitrogens with one attached hydrogen (secondary N) is 1. The fourth-order valence-electron chi connectivity index (χ4n) is 4.12. The van der Waals surface area contributed by atoms with Gasteiger partial charge in [0.2, 0.25) is 5.91 Å². The van der Waals surface area contributed by atoms with Crippen molar-refractivity contribution in [1.29, 1.82) is 0 Å². The van der Waals surface area contributed by atoms with E-state index in [1.54, 1.807) is 17.5 Å². The summed E-state index contributed by atoms with van der Waals surface area (Å²) in [5, 5.41) is 9.46. The minimum atomic E-state index is -3.45. The molecular formula is C23H28N4O3S2. The van der Waals surface area contributed by atoms with Gasteiger partial charge in [-0.3, -0.25) is 9.48 Å². The van der Waals surface area contributed by atoms with E-state index in [1.807, 2.05) is 36.7 Å². The van der Waals surface area contributed by atoms with E-state index < -0.39 is 10.0 Å². The minimum Gasteiger partial charge on any atom is -0.352 e. The van der Waals surface area contributed by atoms with Crippen LogP contribution in [0.2, 0.25) is 0 Å². The number of thiophene rings is 1. The zero-order valence-electron chi connectivity index (χ0n) is 18.3. The molecule has 0 atom stereocenters. The number of amides is 1. The molecule has 4 rings (SSSR count). The van der Waals surface area contributed by atoms with Gasteiger partial charge >= 0.3 is 0 Å². The van der Waals surface area contributed by atoms with E-state index in [9.17, 15) is 13.2 Å². The van der Waals surface area contributed by atoms with Crippen molar-refractivity contribution < 1.29 is 13.2 Å². The van der Waals surface area contributed by atoms with Gasteiger partial charge in [0, 0.05) is 36.8 Å². The molecule has 0 radical (unpaired) electrons. The van der Waals surface area contributed by atoms with E-state index in [1.165, 1.54) is 21.2 Å². The van der Waals surface area contributed by atoms with Crippen molar-refractivity contribution in [3.63, 3.8) is 0 Å². The number of aryl methyl sites for hydroxylation is 1. The second-order valence-electron chi connectivity index (χ2n) is 8.12. The van der Waals surface area contributed by atoms with Crippen LogP contribution in [0.15, 0.2) is 52.1 Å². The van der Waals surface area contributed by atoms with Crippen LogP contribution in [0.25, 0.3) is 0 Å². The Hall–Kier alpha value is -2.49. The van der Waals surface area contributed by atoms with E-state index in [4.69, 9.17) is 0 Å². The van der Waals surface area contributed by atoms with Crippen molar-refractivity contribution in [2.24, 2.45) is 5.92 Å². The van der Waals surface area contributed by atoms with Gasteiger partial charge in [0.25, 0.3) is 10.0 Å². The summed E-state index contributed by atoms with van der Waals surface area (Å²) in [6, 6.07) is 13.5. The molecule has 1 N–H and O–H groups in total. The Balaban J connectivity index is 1.33. The second-order valence-corrected chi connectivity index (χ2v) is 11.2. The fraction of sp³-hybridized carbons (Fsp3) is 0.391. The Bertz CT molecular complexity index is 1160. The average Bonchev–Trinajstić information content (AvgIpc) is 3.43.